The third-order valence-electron chi connectivity index (χ3n) is 7.04. The number of carbonyl (C=O) groups excluding carboxylic acids is 4. The third kappa shape index (κ3) is 7.35. The van der Waals surface area contributed by atoms with Crippen molar-refractivity contribution in [1.82, 2.24) is 15.6 Å². The lowest BCUT2D eigenvalue weighted by Crippen LogP contribution is -2.43. The minimum absolute atomic E-state index is 0.0169. The van der Waals surface area contributed by atoms with Crippen molar-refractivity contribution >= 4 is 40.5 Å². The minimum atomic E-state index is -1.00. The number of nitrogens with two attached hydrogens (primary N) is 1. The van der Waals surface area contributed by atoms with Gasteiger partial charge in [0.15, 0.2) is 11.3 Å². The normalized spacial score (nSPS) is 12.8. The van der Waals surface area contributed by atoms with Gasteiger partial charge < -0.3 is 30.3 Å². The molecule has 0 radical (unpaired) electrons. The molecule has 0 spiro atoms. The second-order valence-corrected chi connectivity index (χ2v) is 11.6. The predicted molar refractivity (Wildman–Crippen MR) is 165 cm³/mol. The fourth-order valence-corrected chi connectivity index (χ4v) is 4.93. The molecule has 238 valence electrons. The molecule has 1 heterocycles. The number of hydrogen-bond donors (Lipinski definition) is 3. The van der Waals surface area contributed by atoms with Gasteiger partial charge in [-0.3, -0.25) is 14.4 Å². The van der Waals surface area contributed by atoms with Gasteiger partial charge in [-0.1, -0.05) is 33.8 Å². The molecular weight excluding hydrogens is 568 g/mol. The number of benzene rings is 2. The standard InChI is InChI=1S/C32H42N4O8/c1-9-42-31(40)20(13-15(3)4)34-29(38)19-12-11-17(7)27-24(19)36-25-22(23(33)26(37)18(8)28(25)44-27)30(39)35-21(14-16(5)6)32(41)43-10-2/h11-12,15-16,20-21H,9-10,13-14,33H2,1-8H3,(H,34,38)(H,35,39)/t20-,21+/m1/s1. The number of nitrogens with one attached hydrogen (secondary N) is 2. The molecule has 1 aliphatic carbocycles. The fourth-order valence-electron chi connectivity index (χ4n) is 4.93. The van der Waals surface area contributed by atoms with Crippen molar-refractivity contribution in [2.24, 2.45) is 11.8 Å². The summed E-state index contributed by atoms with van der Waals surface area (Å²) in [6.07, 6.45) is 0.625. The Balaban J connectivity index is 2.22. The van der Waals surface area contributed by atoms with Crippen LogP contribution in [0.15, 0.2) is 21.3 Å². The Morgan fingerprint density at radius 3 is 1.91 bits per heavy atom. The van der Waals surface area contributed by atoms with Crippen LogP contribution >= 0.6 is 0 Å². The maximum absolute atomic E-state index is 13.7. The van der Waals surface area contributed by atoms with Crippen molar-refractivity contribution in [3.63, 3.8) is 0 Å². The summed E-state index contributed by atoms with van der Waals surface area (Å²) in [5.41, 5.74) is 6.00. The van der Waals surface area contributed by atoms with E-state index < -0.39 is 41.3 Å². The Bertz CT molecular complexity index is 1590. The lowest BCUT2D eigenvalue weighted by molar-refractivity contribution is -0.146. The van der Waals surface area contributed by atoms with Crippen LogP contribution in [-0.4, -0.2) is 54.0 Å². The predicted octanol–water partition coefficient (Wildman–Crippen LogP) is 3.91. The van der Waals surface area contributed by atoms with Gasteiger partial charge in [0.2, 0.25) is 5.43 Å². The Morgan fingerprint density at radius 1 is 0.886 bits per heavy atom. The number of aromatic nitrogens is 1. The van der Waals surface area contributed by atoms with Crippen LogP contribution in [0.1, 0.15) is 86.2 Å². The molecule has 2 aliphatic rings. The van der Waals surface area contributed by atoms with Gasteiger partial charge >= 0.3 is 11.9 Å². The van der Waals surface area contributed by atoms with Crippen molar-refractivity contribution in [3.8, 4) is 11.5 Å². The van der Waals surface area contributed by atoms with Gasteiger partial charge in [-0.2, -0.15) is 0 Å². The van der Waals surface area contributed by atoms with E-state index >= 15 is 0 Å². The Kier molecular flexibility index (Phi) is 11.1. The molecule has 3 rings (SSSR count). The van der Waals surface area contributed by atoms with Crippen LogP contribution in [0.2, 0.25) is 0 Å². The van der Waals surface area contributed by atoms with Crippen LogP contribution in [-0.2, 0) is 19.1 Å². The molecule has 0 bridgehead atoms. The maximum Gasteiger partial charge on any atom is 0.328 e. The summed E-state index contributed by atoms with van der Waals surface area (Å²) >= 11 is 0. The summed E-state index contributed by atoms with van der Waals surface area (Å²) in [5.74, 6) is -2.47. The third-order valence-corrected chi connectivity index (χ3v) is 7.04. The SMILES string of the molecule is CCOC(=O)[C@H](CC(C)C)NC(=O)c1c2nc3c(C(=O)N[C@H](CC(C)C)C(=O)OCC)ccc(C)c3oc-2c(C)c(=O)c1N. The van der Waals surface area contributed by atoms with Crippen LogP contribution in [0.4, 0.5) is 5.69 Å². The molecule has 0 aromatic heterocycles. The van der Waals surface area contributed by atoms with E-state index in [-0.39, 0.29) is 76.4 Å². The molecule has 0 fully saturated rings. The van der Waals surface area contributed by atoms with Crippen LogP contribution in [0.5, 0.6) is 0 Å². The number of nitrogens with zero attached hydrogens (tertiary/aromatic N) is 1. The monoisotopic (exact) mass is 610 g/mol. The topological polar surface area (TPSA) is 180 Å². The van der Waals surface area contributed by atoms with E-state index in [4.69, 9.17) is 19.6 Å². The van der Waals surface area contributed by atoms with Crippen LogP contribution in [0.3, 0.4) is 0 Å². The van der Waals surface area contributed by atoms with E-state index in [2.05, 4.69) is 15.6 Å². The molecule has 2 atom stereocenters. The van der Waals surface area contributed by atoms with E-state index in [1.165, 1.54) is 13.0 Å². The van der Waals surface area contributed by atoms with Crippen LogP contribution in [0.25, 0.3) is 22.6 Å². The van der Waals surface area contributed by atoms with Gasteiger partial charge in [0, 0.05) is 5.56 Å². The van der Waals surface area contributed by atoms with Gasteiger partial charge in [-0.15, -0.1) is 0 Å². The van der Waals surface area contributed by atoms with E-state index in [9.17, 15) is 24.0 Å². The summed E-state index contributed by atoms with van der Waals surface area (Å²) in [6, 6.07) is 1.29. The summed E-state index contributed by atoms with van der Waals surface area (Å²) < 4.78 is 16.5. The highest BCUT2D eigenvalue weighted by atomic mass is 16.5. The first kappa shape index (κ1) is 34.0. The average Bonchev–Trinajstić information content (AvgIpc) is 2.94. The van der Waals surface area contributed by atoms with E-state index in [0.29, 0.717) is 12.0 Å². The molecule has 2 amide bonds. The molecular formula is C32H42N4O8. The summed E-state index contributed by atoms with van der Waals surface area (Å²) in [4.78, 5) is 70.4. The first-order valence-electron chi connectivity index (χ1n) is 14.8. The number of nitrogen functional groups attached to an aromatic ring is 1. The van der Waals surface area contributed by atoms with Crippen molar-refractivity contribution < 1.29 is 33.1 Å². The summed E-state index contributed by atoms with van der Waals surface area (Å²) in [7, 11) is 0. The number of rotatable bonds is 12. The molecule has 0 unspecified atom stereocenters. The molecule has 12 nitrogen and oxygen atoms in total. The molecule has 1 aromatic rings. The highest BCUT2D eigenvalue weighted by Crippen LogP contribution is 2.34. The largest absolute Gasteiger partial charge is 0.464 e. The van der Waals surface area contributed by atoms with Crippen molar-refractivity contribution in [2.45, 2.75) is 80.3 Å². The number of ether oxygens (including phenoxy) is 2. The number of esters is 2. The molecule has 0 saturated carbocycles. The first-order valence-corrected chi connectivity index (χ1v) is 14.8. The summed E-state index contributed by atoms with van der Waals surface area (Å²) in [5, 5.41) is 5.40. The van der Waals surface area contributed by atoms with E-state index in [0.717, 1.165) is 0 Å². The Hall–Kier alpha value is -4.48. The van der Waals surface area contributed by atoms with Gasteiger partial charge in [-0.05, 0) is 64.0 Å². The van der Waals surface area contributed by atoms with Crippen molar-refractivity contribution in [3.05, 3.63) is 44.6 Å². The van der Waals surface area contributed by atoms with Gasteiger partial charge in [0.05, 0.1) is 30.0 Å². The maximum atomic E-state index is 13.7. The van der Waals surface area contributed by atoms with Gasteiger partial charge in [0.1, 0.15) is 23.3 Å². The Labute approximate surface area is 256 Å². The van der Waals surface area contributed by atoms with Crippen molar-refractivity contribution in [1.29, 1.82) is 0 Å². The number of carbonyl (C=O) groups is 4. The number of aryl methyl sites for hydroxylation is 1. The zero-order chi connectivity index (χ0) is 32.9. The highest BCUT2D eigenvalue weighted by Gasteiger charge is 2.32. The van der Waals surface area contributed by atoms with Crippen molar-refractivity contribution in [2.75, 3.05) is 18.9 Å². The van der Waals surface area contributed by atoms with Gasteiger partial charge in [0.25, 0.3) is 11.8 Å². The highest BCUT2D eigenvalue weighted by molar-refractivity contribution is 6.09. The molecule has 4 N–H and O–H groups in total. The second kappa shape index (κ2) is 14.3. The first-order chi connectivity index (χ1) is 20.7. The number of fused-ring (bicyclic) bond motifs is 2. The zero-order valence-corrected chi connectivity index (χ0v) is 26.6. The Morgan fingerprint density at radius 2 is 1.41 bits per heavy atom. The lowest BCUT2D eigenvalue weighted by atomic mass is 9.98. The van der Waals surface area contributed by atoms with Crippen LogP contribution in [0, 0.1) is 25.7 Å². The number of anilines is 1. The molecule has 1 aliphatic heterocycles. The zero-order valence-electron chi connectivity index (χ0n) is 26.6. The molecule has 0 saturated heterocycles. The molecule has 1 aromatic carbocycles. The molecule has 44 heavy (non-hydrogen) atoms. The number of amides is 2. The minimum Gasteiger partial charge on any atom is -0.464 e. The van der Waals surface area contributed by atoms with Crippen LogP contribution < -0.4 is 21.8 Å². The fraction of sp³-hybridized carbons (Fsp3) is 0.500. The van der Waals surface area contributed by atoms with E-state index in [1.54, 1.807) is 26.8 Å². The quantitative estimate of drug-likeness (QED) is 0.155. The number of hydrogen-bond acceptors (Lipinski definition) is 10. The molecule has 12 heteroatoms. The summed E-state index contributed by atoms with van der Waals surface area (Å²) in [6.45, 7) is 14.5. The van der Waals surface area contributed by atoms with Gasteiger partial charge in [-0.25, -0.2) is 14.6 Å². The van der Waals surface area contributed by atoms with E-state index in [1.807, 2.05) is 27.7 Å². The average molecular weight is 611 g/mol. The lowest BCUT2D eigenvalue weighted by Gasteiger charge is -2.22. The smallest absolute Gasteiger partial charge is 0.328 e. The second-order valence-electron chi connectivity index (χ2n) is 11.6.